The van der Waals surface area contributed by atoms with Gasteiger partial charge in [0.1, 0.15) is 5.78 Å². The summed E-state index contributed by atoms with van der Waals surface area (Å²) in [6.07, 6.45) is 0.126. The van der Waals surface area contributed by atoms with Gasteiger partial charge in [-0.1, -0.05) is 13.8 Å². The Morgan fingerprint density at radius 3 is 2.50 bits per heavy atom. The number of rotatable bonds is 4. The molecule has 1 rings (SSSR count). The number of Topliss-reactive ketones (excluding diaryl/α,β-unsaturated/α-hetero) is 1. The quantitative estimate of drug-likeness (QED) is 0.742. The molecule has 1 aliphatic rings. The summed E-state index contributed by atoms with van der Waals surface area (Å²) in [5.74, 6) is -0.717. The Labute approximate surface area is 110 Å². The van der Waals surface area contributed by atoms with Gasteiger partial charge in [-0.2, -0.15) is 0 Å². The summed E-state index contributed by atoms with van der Waals surface area (Å²) in [6, 6.07) is 0. The van der Waals surface area contributed by atoms with E-state index in [0.29, 0.717) is 19.6 Å². The standard InChI is InChI=1S/C13H22N2O3/c1-5-14-6-7-15(9-11(14)17)12(18)13(3,4)8-10(2)16/h5-9H2,1-4H3/i9D. The van der Waals surface area contributed by atoms with E-state index in [2.05, 4.69) is 0 Å². The highest BCUT2D eigenvalue weighted by Crippen LogP contribution is 2.24. The van der Waals surface area contributed by atoms with Crippen LogP contribution in [0.3, 0.4) is 0 Å². The minimum atomic E-state index is -1.19. The number of carbonyl (C=O) groups excluding carboxylic acids is 3. The zero-order valence-corrected chi connectivity index (χ0v) is 11.5. The lowest BCUT2D eigenvalue weighted by Gasteiger charge is -2.37. The summed E-state index contributed by atoms with van der Waals surface area (Å²) >= 11 is 0. The van der Waals surface area contributed by atoms with Crippen LogP contribution < -0.4 is 0 Å². The van der Waals surface area contributed by atoms with E-state index in [4.69, 9.17) is 1.37 Å². The Hall–Kier alpha value is -1.39. The first kappa shape index (κ1) is 13.1. The third kappa shape index (κ3) is 3.31. The fourth-order valence-electron chi connectivity index (χ4n) is 2.18. The van der Waals surface area contributed by atoms with Crippen LogP contribution in [-0.4, -0.2) is 53.6 Å². The predicted molar refractivity (Wildman–Crippen MR) is 67.9 cm³/mol. The van der Waals surface area contributed by atoms with Crippen LogP contribution in [0.25, 0.3) is 0 Å². The number of carbonyl (C=O) groups is 3. The fourth-order valence-corrected chi connectivity index (χ4v) is 2.18. The zero-order chi connectivity index (χ0) is 14.8. The van der Waals surface area contributed by atoms with Crippen molar-refractivity contribution < 1.29 is 15.8 Å². The van der Waals surface area contributed by atoms with Crippen LogP contribution in [0.2, 0.25) is 0 Å². The number of likely N-dealkylation sites (N-methyl/N-ethyl adjacent to an activating group) is 1. The maximum Gasteiger partial charge on any atom is 0.242 e. The minimum absolute atomic E-state index is 0.0709. The van der Waals surface area contributed by atoms with Gasteiger partial charge >= 0.3 is 0 Å². The summed E-state index contributed by atoms with van der Waals surface area (Å²) in [5, 5.41) is 0. The molecule has 0 spiro atoms. The van der Waals surface area contributed by atoms with Crippen molar-refractivity contribution in [3.05, 3.63) is 0 Å². The molecule has 0 aromatic heterocycles. The van der Waals surface area contributed by atoms with E-state index in [0.717, 1.165) is 0 Å². The van der Waals surface area contributed by atoms with E-state index in [1.165, 1.54) is 11.8 Å². The molecule has 2 amide bonds. The van der Waals surface area contributed by atoms with E-state index in [1.54, 1.807) is 18.7 Å². The third-order valence-corrected chi connectivity index (χ3v) is 3.10. The maximum absolute atomic E-state index is 12.4. The van der Waals surface area contributed by atoms with Crippen molar-refractivity contribution in [1.82, 2.24) is 9.80 Å². The number of piperazine rings is 1. The zero-order valence-electron chi connectivity index (χ0n) is 12.5. The van der Waals surface area contributed by atoms with Crippen LogP contribution in [0, 0.1) is 5.41 Å². The molecule has 102 valence electrons. The largest absolute Gasteiger partial charge is 0.340 e. The first-order valence-electron chi connectivity index (χ1n) is 6.80. The molecule has 0 aliphatic carbocycles. The summed E-state index contributed by atoms with van der Waals surface area (Å²) in [4.78, 5) is 38.3. The van der Waals surface area contributed by atoms with Crippen molar-refractivity contribution in [1.29, 1.82) is 0 Å². The van der Waals surface area contributed by atoms with Gasteiger partial charge in [0.15, 0.2) is 0 Å². The highest BCUT2D eigenvalue weighted by molar-refractivity contribution is 5.91. The molecule has 0 bridgehead atoms. The Bertz CT molecular complexity index is 395. The number of nitrogens with zero attached hydrogens (tertiary/aromatic N) is 2. The van der Waals surface area contributed by atoms with E-state index >= 15 is 0 Å². The van der Waals surface area contributed by atoms with Gasteiger partial charge in [0, 0.05) is 26.1 Å². The lowest BCUT2D eigenvalue weighted by atomic mass is 9.85. The molecule has 18 heavy (non-hydrogen) atoms. The lowest BCUT2D eigenvalue weighted by Crippen LogP contribution is -2.54. The second-order valence-electron chi connectivity index (χ2n) is 5.31. The molecular formula is C13H22N2O3. The molecule has 0 aromatic rings. The van der Waals surface area contributed by atoms with Crippen molar-refractivity contribution >= 4 is 17.6 Å². The maximum atomic E-state index is 12.4. The van der Waals surface area contributed by atoms with Crippen molar-refractivity contribution in [2.24, 2.45) is 5.41 Å². The average molecular weight is 255 g/mol. The second kappa shape index (κ2) is 5.50. The third-order valence-electron chi connectivity index (χ3n) is 3.10. The Balaban J connectivity index is 2.83. The normalized spacial score (nSPS) is 21.9. The molecule has 5 heteroatoms. The van der Waals surface area contributed by atoms with E-state index < -0.39 is 11.9 Å². The monoisotopic (exact) mass is 255 g/mol. The summed E-state index contributed by atoms with van der Waals surface area (Å²) in [7, 11) is 0. The molecule has 1 unspecified atom stereocenters. The highest BCUT2D eigenvalue weighted by atomic mass is 16.2. The van der Waals surface area contributed by atoms with Gasteiger partial charge in [0.2, 0.25) is 11.8 Å². The van der Waals surface area contributed by atoms with Crippen molar-refractivity contribution in [3.63, 3.8) is 0 Å². The summed E-state index contributed by atoms with van der Waals surface area (Å²) in [6.45, 7) is 6.82. The van der Waals surface area contributed by atoms with Gasteiger partial charge in [-0.25, -0.2) is 0 Å². The van der Waals surface area contributed by atoms with Crippen LogP contribution in [0.15, 0.2) is 0 Å². The van der Waals surface area contributed by atoms with Crippen molar-refractivity contribution in [2.75, 3.05) is 26.2 Å². The molecule has 0 saturated carbocycles. The van der Waals surface area contributed by atoms with Crippen LogP contribution in [0.4, 0.5) is 0 Å². The van der Waals surface area contributed by atoms with Gasteiger partial charge in [0.25, 0.3) is 0 Å². The Morgan fingerprint density at radius 2 is 2.00 bits per heavy atom. The van der Waals surface area contributed by atoms with E-state index in [9.17, 15) is 14.4 Å². The molecule has 1 heterocycles. The predicted octanol–water partition coefficient (Wildman–Crippen LogP) is 0.682. The minimum Gasteiger partial charge on any atom is -0.340 e. The van der Waals surface area contributed by atoms with Crippen molar-refractivity contribution in [3.8, 4) is 0 Å². The van der Waals surface area contributed by atoms with Crippen LogP contribution in [-0.2, 0) is 14.4 Å². The smallest absolute Gasteiger partial charge is 0.242 e. The number of hydrogen-bond donors (Lipinski definition) is 0. The van der Waals surface area contributed by atoms with Gasteiger partial charge in [-0.15, -0.1) is 0 Å². The molecule has 5 nitrogen and oxygen atoms in total. The lowest BCUT2D eigenvalue weighted by molar-refractivity contribution is -0.151. The van der Waals surface area contributed by atoms with E-state index in [1.807, 2.05) is 6.92 Å². The van der Waals surface area contributed by atoms with Gasteiger partial charge in [0.05, 0.1) is 13.3 Å². The summed E-state index contributed by atoms with van der Waals surface area (Å²) < 4.78 is 7.89. The molecule has 0 aromatic carbocycles. The fraction of sp³-hybridized carbons (Fsp3) is 0.769. The molecule has 1 fully saturated rings. The second-order valence-corrected chi connectivity index (χ2v) is 5.31. The van der Waals surface area contributed by atoms with E-state index in [-0.39, 0.29) is 24.0 Å². The van der Waals surface area contributed by atoms with Crippen LogP contribution in [0.1, 0.15) is 35.5 Å². The topological polar surface area (TPSA) is 57.7 Å². The first-order valence-corrected chi connectivity index (χ1v) is 6.22. The molecule has 1 aliphatic heterocycles. The van der Waals surface area contributed by atoms with Gasteiger partial charge < -0.3 is 9.80 Å². The van der Waals surface area contributed by atoms with Crippen LogP contribution in [0.5, 0.6) is 0 Å². The van der Waals surface area contributed by atoms with Crippen molar-refractivity contribution in [2.45, 2.75) is 34.1 Å². The number of hydrogen-bond acceptors (Lipinski definition) is 3. The molecular weight excluding hydrogens is 232 g/mol. The molecule has 1 atom stereocenters. The Kier molecular flexibility index (Phi) is 3.99. The highest BCUT2D eigenvalue weighted by Gasteiger charge is 2.36. The number of ketones is 1. The van der Waals surface area contributed by atoms with Gasteiger partial charge in [-0.3, -0.25) is 14.4 Å². The number of amides is 2. The SMILES string of the molecule is [2H]C1C(=O)N(CC)CCN1C(=O)C(C)(C)CC(C)=O. The van der Waals surface area contributed by atoms with Crippen LogP contribution >= 0.6 is 0 Å². The Morgan fingerprint density at radius 1 is 1.39 bits per heavy atom. The molecule has 0 N–H and O–H groups in total. The first-order chi connectivity index (χ1) is 8.70. The average Bonchev–Trinajstić information content (AvgIpc) is 2.30. The molecule has 0 radical (unpaired) electrons. The van der Waals surface area contributed by atoms with Gasteiger partial charge in [-0.05, 0) is 13.8 Å². The summed E-state index contributed by atoms with van der Waals surface area (Å²) in [5.41, 5.74) is -0.861. The molecule has 1 saturated heterocycles.